The minimum atomic E-state index is 0.593. The Morgan fingerprint density at radius 1 is 0.361 bits per heavy atom. The number of benzene rings is 10. The van der Waals surface area contributed by atoms with Gasteiger partial charge < -0.3 is 9.13 Å². The van der Waals surface area contributed by atoms with Crippen LogP contribution in [0.1, 0.15) is 5.56 Å². The molecule has 3 aromatic heterocycles. The predicted octanol–water partition coefficient (Wildman–Crippen LogP) is 17.1. The number of hydrogen-bond acceptors (Lipinski definition) is 3. The Kier molecular flexibility index (Phi) is 10.2. The van der Waals surface area contributed by atoms with E-state index in [0.717, 1.165) is 106 Å². The summed E-state index contributed by atoms with van der Waals surface area (Å²) in [5.41, 5.74) is 18.1. The second kappa shape index (κ2) is 17.4. The Hall–Kier alpha value is -10.1. The molecule has 0 fully saturated rings. The van der Waals surface area contributed by atoms with Crippen molar-refractivity contribution < 1.29 is 0 Å². The fraction of sp³-hybridized carbons (Fsp3) is 0. The van der Waals surface area contributed by atoms with Gasteiger partial charge in [0, 0.05) is 49.4 Å². The van der Waals surface area contributed by atoms with Crippen molar-refractivity contribution in [2.24, 2.45) is 0 Å². The summed E-state index contributed by atoms with van der Waals surface area (Å²) in [5, 5.41) is 14.4. The van der Waals surface area contributed by atoms with Crippen LogP contribution in [0.2, 0.25) is 0 Å². The maximum absolute atomic E-state index is 9.87. The van der Waals surface area contributed by atoms with E-state index in [-0.39, 0.29) is 0 Å². The van der Waals surface area contributed by atoms with Crippen molar-refractivity contribution in [3.63, 3.8) is 0 Å². The lowest BCUT2D eigenvalue weighted by Crippen LogP contribution is -2.03. The van der Waals surface area contributed by atoms with Crippen LogP contribution in [0.3, 0.4) is 0 Å². The van der Waals surface area contributed by atoms with E-state index in [2.05, 4.69) is 190 Å². The van der Waals surface area contributed by atoms with Gasteiger partial charge in [0.15, 0.2) is 11.5 Å². The molecule has 10 aromatic carbocycles. The zero-order valence-electron chi connectivity index (χ0n) is 38.8. The zero-order chi connectivity index (χ0) is 48.1. The van der Waals surface area contributed by atoms with Crippen molar-refractivity contribution in [2.45, 2.75) is 0 Å². The molecule has 6 heteroatoms. The third-order valence-electron chi connectivity index (χ3n) is 13.8. The molecular weight excluding hydrogens is 877 g/mol. The molecule has 6 nitrogen and oxygen atoms in total. The topological polar surface area (TPSA) is 63.8 Å². The molecule has 0 atom stereocenters. The number of hydrogen-bond donors (Lipinski definition) is 0. The molecule has 0 bridgehead atoms. The molecule has 0 radical (unpaired) electrons. The second-order valence-corrected chi connectivity index (χ2v) is 18.0. The SMILES string of the molecule is [C-]#[N+]c1cccc(-c2ccc3c(c2)c2cc(-c4cccc(C#N)c4)ccc2n3-c2ccc(-c3nc(-c4ccccc4)cc(-c4ccccc4)n3)cc2-c2ccccc2-n2c3ccccc3c3ccccc32)c1. The molecular formula is C66H40N6. The highest BCUT2D eigenvalue weighted by atomic mass is 15.0. The third-order valence-corrected chi connectivity index (χ3v) is 13.8. The Morgan fingerprint density at radius 2 is 0.847 bits per heavy atom. The van der Waals surface area contributed by atoms with Crippen LogP contribution in [-0.4, -0.2) is 19.1 Å². The largest absolute Gasteiger partial charge is 0.309 e. The molecule has 13 rings (SSSR count). The van der Waals surface area contributed by atoms with E-state index in [4.69, 9.17) is 16.5 Å². The summed E-state index contributed by atoms with van der Waals surface area (Å²) in [6, 6.07) is 86.5. The summed E-state index contributed by atoms with van der Waals surface area (Å²) < 4.78 is 4.78. The Bertz CT molecular complexity index is 4130. The zero-order valence-corrected chi connectivity index (χ0v) is 38.8. The van der Waals surface area contributed by atoms with Crippen molar-refractivity contribution in [2.75, 3.05) is 0 Å². The number of para-hydroxylation sites is 3. The van der Waals surface area contributed by atoms with Crippen LogP contribution in [-0.2, 0) is 0 Å². The fourth-order valence-electron chi connectivity index (χ4n) is 10.4. The minimum absolute atomic E-state index is 0.593. The molecule has 0 saturated carbocycles. The smallest absolute Gasteiger partial charge is 0.187 e. The summed E-state index contributed by atoms with van der Waals surface area (Å²) >= 11 is 0. The monoisotopic (exact) mass is 916 g/mol. The first-order valence-electron chi connectivity index (χ1n) is 23.9. The highest BCUT2D eigenvalue weighted by Gasteiger charge is 2.23. The van der Waals surface area contributed by atoms with Crippen LogP contribution in [0, 0.1) is 17.9 Å². The number of nitrogens with zero attached hydrogens (tertiary/aromatic N) is 6. The maximum Gasteiger partial charge on any atom is 0.187 e. The molecule has 0 spiro atoms. The van der Waals surface area contributed by atoms with Crippen LogP contribution >= 0.6 is 0 Å². The van der Waals surface area contributed by atoms with Crippen LogP contribution in [0.5, 0.6) is 0 Å². The van der Waals surface area contributed by atoms with E-state index in [1.807, 2.05) is 72.8 Å². The van der Waals surface area contributed by atoms with Crippen LogP contribution in [0.15, 0.2) is 243 Å². The molecule has 0 aliphatic carbocycles. The molecule has 13 aromatic rings. The molecule has 72 heavy (non-hydrogen) atoms. The fourth-order valence-corrected chi connectivity index (χ4v) is 10.4. The van der Waals surface area contributed by atoms with Gasteiger partial charge in [-0.15, -0.1) is 0 Å². The maximum atomic E-state index is 9.87. The van der Waals surface area contributed by atoms with E-state index in [1.54, 1.807) is 0 Å². The second-order valence-electron chi connectivity index (χ2n) is 18.0. The van der Waals surface area contributed by atoms with Gasteiger partial charge in [-0.1, -0.05) is 158 Å². The Labute approximate surface area is 416 Å². The Morgan fingerprint density at radius 3 is 1.46 bits per heavy atom. The average molecular weight is 917 g/mol. The standard InChI is InChI=1S/C66H40N6/c1-68-51-23-15-22-47(37-51)49-31-34-65-57(39-49)56-38-48(46-21-14-16-43(36-46)42-67)30-33-64(56)72(65)63-35-32-50(66-69-58(44-17-4-2-5-18-44)41-59(70-66)45-19-6-3-7-20-45)40-55(63)54-26-10-13-29-62(54)71-60-27-11-8-24-52(60)53-25-9-12-28-61(53)71/h2-41H. The first-order valence-corrected chi connectivity index (χ1v) is 23.9. The van der Waals surface area contributed by atoms with Crippen LogP contribution in [0.25, 0.3) is 127 Å². The van der Waals surface area contributed by atoms with Gasteiger partial charge in [0.1, 0.15) is 0 Å². The number of aromatic nitrogens is 4. The van der Waals surface area contributed by atoms with Gasteiger partial charge in [0.25, 0.3) is 0 Å². The first kappa shape index (κ1) is 42.0. The van der Waals surface area contributed by atoms with Gasteiger partial charge >= 0.3 is 0 Å². The molecule has 334 valence electrons. The number of nitriles is 1. The lowest BCUT2D eigenvalue weighted by Gasteiger charge is -2.20. The lowest BCUT2D eigenvalue weighted by molar-refractivity contribution is 1.15. The Balaban J connectivity index is 1.11. The van der Waals surface area contributed by atoms with Gasteiger partial charge in [-0.3, -0.25) is 0 Å². The molecule has 0 N–H and O–H groups in total. The van der Waals surface area contributed by atoms with E-state index < -0.39 is 0 Å². The molecule has 0 amide bonds. The van der Waals surface area contributed by atoms with Gasteiger partial charge in [-0.05, 0) is 107 Å². The van der Waals surface area contributed by atoms with E-state index >= 15 is 0 Å². The predicted molar refractivity (Wildman–Crippen MR) is 294 cm³/mol. The lowest BCUT2D eigenvalue weighted by atomic mass is 9.97. The summed E-state index contributed by atoms with van der Waals surface area (Å²) in [6.45, 7) is 7.77. The van der Waals surface area contributed by atoms with E-state index in [1.165, 1.54) is 10.8 Å². The van der Waals surface area contributed by atoms with E-state index in [9.17, 15) is 5.26 Å². The average Bonchev–Trinajstić information content (AvgIpc) is 3.97. The summed E-state index contributed by atoms with van der Waals surface area (Å²) in [5.74, 6) is 0.620. The highest BCUT2D eigenvalue weighted by Crippen LogP contribution is 2.44. The van der Waals surface area contributed by atoms with Crippen molar-refractivity contribution in [1.82, 2.24) is 19.1 Å². The highest BCUT2D eigenvalue weighted by molar-refractivity contribution is 6.13. The van der Waals surface area contributed by atoms with Crippen molar-refractivity contribution >= 4 is 49.3 Å². The molecule has 0 unspecified atom stereocenters. The third kappa shape index (κ3) is 7.19. The van der Waals surface area contributed by atoms with Crippen molar-refractivity contribution in [1.29, 1.82) is 5.26 Å². The van der Waals surface area contributed by atoms with Crippen molar-refractivity contribution in [3.8, 4) is 84.7 Å². The summed E-state index contributed by atoms with van der Waals surface area (Å²) in [6.07, 6.45) is 0. The summed E-state index contributed by atoms with van der Waals surface area (Å²) in [7, 11) is 0. The van der Waals surface area contributed by atoms with Crippen molar-refractivity contribution in [3.05, 3.63) is 260 Å². The quantitative estimate of drug-likeness (QED) is 0.143. The van der Waals surface area contributed by atoms with Gasteiger partial charge in [0.2, 0.25) is 0 Å². The minimum Gasteiger partial charge on any atom is -0.309 e. The normalized spacial score (nSPS) is 11.3. The molecule has 0 aliphatic rings. The van der Waals surface area contributed by atoms with Gasteiger partial charge in [-0.25, -0.2) is 14.8 Å². The number of fused-ring (bicyclic) bond motifs is 6. The summed E-state index contributed by atoms with van der Waals surface area (Å²) in [4.78, 5) is 14.4. The molecule has 0 aliphatic heterocycles. The van der Waals surface area contributed by atoms with Gasteiger partial charge in [-0.2, -0.15) is 5.26 Å². The molecule has 3 heterocycles. The van der Waals surface area contributed by atoms with E-state index in [0.29, 0.717) is 17.1 Å². The van der Waals surface area contributed by atoms with Crippen LogP contribution in [0.4, 0.5) is 5.69 Å². The first-order chi connectivity index (χ1) is 35.6. The van der Waals surface area contributed by atoms with Crippen LogP contribution < -0.4 is 0 Å². The molecule has 0 saturated heterocycles. The number of rotatable bonds is 8. The van der Waals surface area contributed by atoms with Gasteiger partial charge in [0.05, 0.1) is 63.0 Å².